The van der Waals surface area contributed by atoms with Crippen LogP contribution in [0.5, 0.6) is 0 Å². The van der Waals surface area contributed by atoms with Gasteiger partial charge >= 0.3 is 0 Å². The van der Waals surface area contributed by atoms with Gasteiger partial charge in [-0.05, 0) is 25.8 Å². The standard InChI is InChI=1S/C12H17NO/c1-12(2,13)11(14)9-8-10-6-4-3-5-7-10/h3-7H,8-9,13H2,1-2H3. The van der Waals surface area contributed by atoms with Crippen molar-refractivity contribution in [2.75, 3.05) is 0 Å². The van der Waals surface area contributed by atoms with E-state index in [-0.39, 0.29) is 5.78 Å². The molecule has 0 saturated heterocycles. The Kier molecular flexibility index (Phi) is 3.42. The van der Waals surface area contributed by atoms with Crippen molar-refractivity contribution in [3.05, 3.63) is 35.9 Å². The van der Waals surface area contributed by atoms with Gasteiger partial charge in [0.05, 0.1) is 5.54 Å². The summed E-state index contributed by atoms with van der Waals surface area (Å²) in [6.45, 7) is 3.50. The first-order chi connectivity index (χ1) is 6.50. The third-order valence-electron chi connectivity index (χ3n) is 2.20. The summed E-state index contributed by atoms with van der Waals surface area (Å²) < 4.78 is 0. The van der Waals surface area contributed by atoms with Crippen molar-refractivity contribution in [3.8, 4) is 0 Å². The van der Waals surface area contributed by atoms with E-state index in [0.717, 1.165) is 6.42 Å². The van der Waals surface area contributed by atoms with Crippen molar-refractivity contribution in [3.63, 3.8) is 0 Å². The molecule has 0 radical (unpaired) electrons. The molecule has 1 rings (SSSR count). The monoisotopic (exact) mass is 191 g/mol. The molecule has 2 N–H and O–H groups in total. The van der Waals surface area contributed by atoms with Crippen LogP contribution in [0.4, 0.5) is 0 Å². The molecule has 0 heterocycles. The molecular formula is C12H17NO. The summed E-state index contributed by atoms with van der Waals surface area (Å²) >= 11 is 0. The highest BCUT2D eigenvalue weighted by atomic mass is 16.1. The van der Waals surface area contributed by atoms with E-state index in [4.69, 9.17) is 5.73 Å². The predicted octanol–water partition coefficient (Wildman–Crippen LogP) is 1.93. The Morgan fingerprint density at radius 2 is 1.86 bits per heavy atom. The maximum absolute atomic E-state index is 11.5. The Morgan fingerprint density at radius 1 is 1.29 bits per heavy atom. The molecule has 0 bridgehead atoms. The van der Waals surface area contributed by atoms with Gasteiger partial charge in [0.15, 0.2) is 5.78 Å². The SMILES string of the molecule is CC(C)(N)C(=O)CCc1ccccc1. The molecule has 0 fully saturated rings. The molecule has 0 amide bonds. The number of aryl methyl sites for hydroxylation is 1. The summed E-state index contributed by atoms with van der Waals surface area (Å²) in [5, 5.41) is 0. The summed E-state index contributed by atoms with van der Waals surface area (Å²) in [6, 6.07) is 9.98. The number of nitrogens with two attached hydrogens (primary N) is 1. The van der Waals surface area contributed by atoms with E-state index in [2.05, 4.69) is 0 Å². The van der Waals surface area contributed by atoms with Crippen molar-refractivity contribution in [2.45, 2.75) is 32.2 Å². The Labute approximate surface area is 85.1 Å². The van der Waals surface area contributed by atoms with Crippen molar-refractivity contribution in [1.29, 1.82) is 0 Å². The summed E-state index contributed by atoms with van der Waals surface area (Å²) in [4.78, 5) is 11.5. The number of carbonyl (C=O) groups excluding carboxylic acids is 1. The van der Waals surface area contributed by atoms with Gasteiger partial charge < -0.3 is 5.73 Å². The highest BCUT2D eigenvalue weighted by molar-refractivity contribution is 5.87. The molecular weight excluding hydrogens is 174 g/mol. The van der Waals surface area contributed by atoms with Gasteiger partial charge in [-0.3, -0.25) is 4.79 Å². The minimum absolute atomic E-state index is 0.112. The second-order valence-corrected chi connectivity index (χ2v) is 4.13. The van der Waals surface area contributed by atoms with E-state index in [1.165, 1.54) is 5.56 Å². The first-order valence-corrected chi connectivity index (χ1v) is 4.86. The largest absolute Gasteiger partial charge is 0.319 e. The third-order valence-corrected chi connectivity index (χ3v) is 2.20. The van der Waals surface area contributed by atoms with Crippen LogP contribution in [0.2, 0.25) is 0 Å². The van der Waals surface area contributed by atoms with Gasteiger partial charge in [0.25, 0.3) is 0 Å². The zero-order valence-electron chi connectivity index (χ0n) is 8.79. The van der Waals surface area contributed by atoms with Crippen LogP contribution in [0, 0.1) is 0 Å². The minimum Gasteiger partial charge on any atom is -0.319 e. The molecule has 0 aliphatic rings. The number of ketones is 1. The Hall–Kier alpha value is -1.15. The van der Waals surface area contributed by atoms with Crippen LogP contribution in [-0.4, -0.2) is 11.3 Å². The van der Waals surface area contributed by atoms with Crippen molar-refractivity contribution >= 4 is 5.78 Å². The quantitative estimate of drug-likeness (QED) is 0.790. The van der Waals surface area contributed by atoms with E-state index < -0.39 is 5.54 Å². The number of rotatable bonds is 4. The Bertz CT molecular complexity index is 298. The third kappa shape index (κ3) is 3.30. The minimum atomic E-state index is -0.700. The second kappa shape index (κ2) is 4.38. The van der Waals surface area contributed by atoms with Crippen molar-refractivity contribution in [1.82, 2.24) is 0 Å². The van der Waals surface area contributed by atoms with Crippen LogP contribution in [0.25, 0.3) is 0 Å². The topological polar surface area (TPSA) is 43.1 Å². The highest BCUT2D eigenvalue weighted by Gasteiger charge is 2.20. The zero-order valence-corrected chi connectivity index (χ0v) is 8.79. The fourth-order valence-electron chi connectivity index (χ4n) is 1.22. The normalized spacial score (nSPS) is 11.4. The van der Waals surface area contributed by atoms with Crippen LogP contribution in [0.1, 0.15) is 25.8 Å². The molecule has 2 nitrogen and oxygen atoms in total. The fourth-order valence-corrected chi connectivity index (χ4v) is 1.22. The second-order valence-electron chi connectivity index (χ2n) is 4.13. The Morgan fingerprint density at radius 3 is 2.36 bits per heavy atom. The van der Waals surface area contributed by atoms with Crippen LogP contribution in [-0.2, 0) is 11.2 Å². The summed E-state index contributed by atoms with van der Waals surface area (Å²) in [5.74, 6) is 0.112. The molecule has 76 valence electrons. The lowest BCUT2D eigenvalue weighted by Crippen LogP contribution is -2.41. The maximum Gasteiger partial charge on any atom is 0.152 e. The molecule has 0 aromatic heterocycles. The average molecular weight is 191 g/mol. The van der Waals surface area contributed by atoms with Crippen LogP contribution in [0.3, 0.4) is 0 Å². The fraction of sp³-hybridized carbons (Fsp3) is 0.417. The van der Waals surface area contributed by atoms with Gasteiger partial charge in [-0.2, -0.15) is 0 Å². The van der Waals surface area contributed by atoms with Gasteiger partial charge in [0.1, 0.15) is 0 Å². The number of benzene rings is 1. The molecule has 0 unspecified atom stereocenters. The lowest BCUT2D eigenvalue weighted by Gasteiger charge is -2.16. The number of hydrogen-bond donors (Lipinski definition) is 1. The van der Waals surface area contributed by atoms with Crippen LogP contribution in [0.15, 0.2) is 30.3 Å². The molecule has 0 spiro atoms. The number of carbonyl (C=O) groups is 1. The smallest absolute Gasteiger partial charge is 0.152 e. The van der Waals surface area contributed by atoms with Gasteiger partial charge in [-0.15, -0.1) is 0 Å². The molecule has 0 saturated carbocycles. The molecule has 1 aromatic rings. The van der Waals surface area contributed by atoms with E-state index in [1.54, 1.807) is 13.8 Å². The van der Waals surface area contributed by atoms with Crippen LogP contribution >= 0.6 is 0 Å². The molecule has 0 atom stereocenters. The number of hydrogen-bond acceptors (Lipinski definition) is 2. The maximum atomic E-state index is 11.5. The first-order valence-electron chi connectivity index (χ1n) is 4.86. The molecule has 1 aromatic carbocycles. The van der Waals surface area contributed by atoms with E-state index >= 15 is 0 Å². The molecule has 0 aliphatic carbocycles. The van der Waals surface area contributed by atoms with Crippen molar-refractivity contribution < 1.29 is 4.79 Å². The summed E-state index contributed by atoms with van der Waals surface area (Å²) in [7, 11) is 0. The van der Waals surface area contributed by atoms with Gasteiger partial charge in [0, 0.05) is 6.42 Å². The molecule has 2 heteroatoms. The first kappa shape index (κ1) is 10.9. The zero-order chi connectivity index (χ0) is 10.6. The van der Waals surface area contributed by atoms with Crippen molar-refractivity contribution in [2.24, 2.45) is 5.73 Å². The van der Waals surface area contributed by atoms with E-state index in [0.29, 0.717) is 6.42 Å². The average Bonchev–Trinajstić information content (AvgIpc) is 2.14. The Balaban J connectivity index is 2.46. The molecule has 0 aliphatic heterocycles. The predicted molar refractivity (Wildman–Crippen MR) is 58.0 cm³/mol. The number of Topliss-reactive ketones (excluding diaryl/α,β-unsaturated/α-hetero) is 1. The van der Waals surface area contributed by atoms with E-state index in [9.17, 15) is 4.79 Å². The van der Waals surface area contributed by atoms with Gasteiger partial charge in [0.2, 0.25) is 0 Å². The van der Waals surface area contributed by atoms with Gasteiger partial charge in [-0.25, -0.2) is 0 Å². The summed E-state index contributed by atoms with van der Waals surface area (Å²) in [5.41, 5.74) is 6.18. The van der Waals surface area contributed by atoms with E-state index in [1.807, 2.05) is 30.3 Å². The summed E-state index contributed by atoms with van der Waals surface area (Å²) in [6.07, 6.45) is 1.30. The highest BCUT2D eigenvalue weighted by Crippen LogP contribution is 2.08. The lowest BCUT2D eigenvalue weighted by atomic mass is 9.95. The van der Waals surface area contributed by atoms with Gasteiger partial charge in [-0.1, -0.05) is 30.3 Å². The van der Waals surface area contributed by atoms with Crippen LogP contribution < -0.4 is 5.73 Å². The lowest BCUT2D eigenvalue weighted by molar-refractivity contribution is -0.123. The molecule has 14 heavy (non-hydrogen) atoms.